The van der Waals surface area contributed by atoms with Crippen molar-refractivity contribution in [2.45, 2.75) is 31.7 Å². The predicted molar refractivity (Wildman–Crippen MR) is 96.3 cm³/mol. The third-order valence-electron chi connectivity index (χ3n) is 5.90. The Morgan fingerprint density at radius 2 is 1.96 bits per heavy atom. The maximum atomic E-state index is 12.7. The Morgan fingerprint density at radius 1 is 1.12 bits per heavy atom. The number of rotatable bonds is 3. The largest absolute Gasteiger partial charge is 0.493 e. The number of hydrogen-bond acceptors (Lipinski definition) is 5. The van der Waals surface area contributed by atoms with Crippen molar-refractivity contribution >= 4 is 5.91 Å². The van der Waals surface area contributed by atoms with Crippen molar-refractivity contribution in [3.05, 3.63) is 35.6 Å². The van der Waals surface area contributed by atoms with Crippen LogP contribution in [0.15, 0.2) is 28.8 Å². The highest BCUT2D eigenvalue weighted by Gasteiger charge is 2.30. The number of nitrogens with zero attached hydrogens (tertiary/aromatic N) is 3. The van der Waals surface area contributed by atoms with Crippen molar-refractivity contribution < 1.29 is 14.1 Å². The number of hydrogen-bond donors (Lipinski definition) is 0. The zero-order valence-corrected chi connectivity index (χ0v) is 14.8. The van der Waals surface area contributed by atoms with Gasteiger partial charge in [0.15, 0.2) is 0 Å². The molecule has 3 heterocycles. The maximum Gasteiger partial charge on any atom is 0.292 e. The molecule has 1 aliphatic carbocycles. The van der Waals surface area contributed by atoms with Gasteiger partial charge in [-0.25, -0.2) is 0 Å². The van der Waals surface area contributed by atoms with Crippen molar-refractivity contribution in [2.75, 3.05) is 32.8 Å². The number of amides is 1. The quantitative estimate of drug-likeness (QED) is 0.849. The lowest BCUT2D eigenvalue weighted by atomic mass is 9.91. The molecule has 3 aliphatic rings. The summed E-state index contributed by atoms with van der Waals surface area (Å²) in [6.45, 7) is 4.18. The molecule has 0 unspecified atom stereocenters. The second kappa shape index (κ2) is 6.43. The molecule has 1 saturated heterocycles. The summed E-state index contributed by atoms with van der Waals surface area (Å²) in [6, 6.07) is 8.51. The molecule has 2 aromatic rings. The van der Waals surface area contributed by atoms with Crippen LogP contribution in [0.25, 0.3) is 11.3 Å². The van der Waals surface area contributed by atoms with Crippen molar-refractivity contribution in [3.8, 4) is 17.0 Å². The average Bonchev–Trinajstić information content (AvgIpc) is 3.29. The first-order valence-corrected chi connectivity index (χ1v) is 9.54. The van der Waals surface area contributed by atoms with Crippen LogP contribution in [-0.4, -0.2) is 59.7 Å². The van der Waals surface area contributed by atoms with E-state index in [9.17, 15) is 4.79 Å². The van der Waals surface area contributed by atoms with E-state index >= 15 is 0 Å². The lowest BCUT2D eigenvalue weighted by Gasteiger charge is -2.42. The van der Waals surface area contributed by atoms with Gasteiger partial charge in [0, 0.05) is 50.3 Å². The fraction of sp³-hybridized carbons (Fsp3) is 0.500. The van der Waals surface area contributed by atoms with Gasteiger partial charge in [0.05, 0.1) is 6.61 Å². The topological polar surface area (TPSA) is 58.8 Å². The van der Waals surface area contributed by atoms with Crippen LogP contribution in [0.4, 0.5) is 0 Å². The minimum atomic E-state index is -0.0542. The molecule has 2 aliphatic heterocycles. The first-order chi connectivity index (χ1) is 12.8. The summed E-state index contributed by atoms with van der Waals surface area (Å²) in [7, 11) is 0. The molecule has 6 heteroatoms. The summed E-state index contributed by atoms with van der Waals surface area (Å²) in [5.41, 5.74) is 2.86. The summed E-state index contributed by atoms with van der Waals surface area (Å²) < 4.78 is 10.9. The van der Waals surface area contributed by atoms with Crippen molar-refractivity contribution in [1.82, 2.24) is 15.0 Å². The van der Waals surface area contributed by atoms with Gasteiger partial charge in [-0.15, -0.1) is 0 Å². The van der Waals surface area contributed by atoms with Crippen LogP contribution in [0, 0.1) is 0 Å². The minimum absolute atomic E-state index is 0.0542. The molecule has 0 atom stereocenters. The Hall–Kier alpha value is -2.34. The average molecular weight is 353 g/mol. The van der Waals surface area contributed by atoms with E-state index in [-0.39, 0.29) is 5.91 Å². The molecular formula is C20H23N3O3. The fourth-order valence-corrected chi connectivity index (χ4v) is 4.06. The first-order valence-electron chi connectivity index (χ1n) is 9.54. The SMILES string of the molecule is O=C(c1cc(-c2ccc3c(c2)CCO3)no1)N1CCN(C2CCC2)CC1. The van der Waals surface area contributed by atoms with Gasteiger partial charge in [-0.3, -0.25) is 9.69 Å². The fourth-order valence-electron chi connectivity index (χ4n) is 4.06. The van der Waals surface area contributed by atoms with Gasteiger partial charge < -0.3 is 14.2 Å². The minimum Gasteiger partial charge on any atom is -0.493 e. The van der Waals surface area contributed by atoms with Crippen LogP contribution in [0.2, 0.25) is 0 Å². The third kappa shape index (κ3) is 2.78. The molecule has 5 rings (SSSR count). The standard InChI is InChI=1S/C20H23N3O3/c24-20(23-9-7-22(8-10-23)16-2-1-3-16)19-13-17(21-26-19)14-4-5-18-15(12-14)6-11-25-18/h4-5,12-13,16H,1-3,6-11H2. The Kier molecular flexibility index (Phi) is 3.93. The number of fused-ring (bicyclic) bond motifs is 1. The van der Waals surface area contributed by atoms with Gasteiger partial charge in [-0.2, -0.15) is 0 Å². The number of benzene rings is 1. The smallest absolute Gasteiger partial charge is 0.292 e. The summed E-state index contributed by atoms with van der Waals surface area (Å²) in [5.74, 6) is 1.22. The molecule has 1 amide bonds. The van der Waals surface area contributed by atoms with Crippen LogP contribution in [-0.2, 0) is 6.42 Å². The van der Waals surface area contributed by atoms with E-state index < -0.39 is 0 Å². The molecule has 0 radical (unpaired) electrons. The highest BCUT2D eigenvalue weighted by molar-refractivity contribution is 5.92. The van der Waals surface area contributed by atoms with Crippen molar-refractivity contribution in [2.24, 2.45) is 0 Å². The van der Waals surface area contributed by atoms with Crippen molar-refractivity contribution in [3.63, 3.8) is 0 Å². The van der Waals surface area contributed by atoms with E-state index in [2.05, 4.69) is 16.1 Å². The molecule has 26 heavy (non-hydrogen) atoms. The molecule has 136 valence electrons. The highest BCUT2D eigenvalue weighted by atomic mass is 16.5. The number of carbonyl (C=O) groups excluding carboxylic acids is 1. The Labute approximate surface area is 152 Å². The van der Waals surface area contributed by atoms with E-state index in [1.165, 1.54) is 24.8 Å². The zero-order chi connectivity index (χ0) is 17.5. The van der Waals surface area contributed by atoms with Gasteiger partial charge in [0.25, 0.3) is 5.91 Å². The normalized spacial score (nSPS) is 20.5. The predicted octanol–water partition coefficient (Wildman–Crippen LogP) is 2.59. The molecular weight excluding hydrogens is 330 g/mol. The molecule has 1 saturated carbocycles. The van der Waals surface area contributed by atoms with Gasteiger partial charge in [-0.1, -0.05) is 11.6 Å². The Morgan fingerprint density at radius 3 is 2.73 bits per heavy atom. The second-order valence-corrected chi connectivity index (χ2v) is 7.41. The van der Waals surface area contributed by atoms with E-state index in [1.807, 2.05) is 17.0 Å². The number of carbonyl (C=O) groups is 1. The molecule has 1 aromatic heterocycles. The van der Waals surface area contributed by atoms with Crippen molar-refractivity contribution in [1.29, 1.82) is 0 Å². The summed E-state index contributed by atoms with van der Waals surface area (Å²) in [6.07, 6.45) is 4.88. The molecule has 6 nitrogen and oxygen atoms in total. The van der Waals surface area contributed by atoms with Crippen LogP contribution < -0.4 is 4.74 Å². The van der Waals surface area contributed by atoms with Gasteiger partial charge in [0.1, 0.15) is 11.4 Å². The van der Waals surface area contributed by atoms with Crippen LogP contribution >= 0.6 is 0 Å². The molecule has 1 aromatic carbocycles. The molecule has 0 N–H and O–H groups in total. The Balaban J connectivity index is 1.27. The lowest BCUT2D eigenvalue weighted by Crippen LogP contribution is -2.53. The summed E-state index contributed by atoms with van der Waals surface area (Å²) >= 11 is 0. The summed E-state index contributed by atoms with van der Waals surface area (Å²) in [5, 5.41) is 4.12. The highest BCUT2D eigenvalue weighted by Crippen LogP contribution is 2.30. The second-order valence-electron chi connectivity index (χ2n) is 7.41. The molecule has 0 bridgehead atoms. The monoisotopic (exact) mass is 353 g/mol. The van der Waals surface area contributed by atoms with E-state index in [0.29, 0.717) is 11.5 Å². The molecule has 2 fully saturated rings. The van der Waals surface area contributed by atoms with E-state index in [4.69, 9.17) is 9.26 Å². The van der Waals surface area contributed by atoms with Gasteiger partial charge >= 0.3 is 0 Å². The molecule has 0 spiro atoms. The number of ether oxygens (including phenoxy) is 1. The summed E-state index contributed by atoms with van der Waals surface area (Å²) in [4.78, 5) is 17.1. The lowest BCUT2D eigenvalue weighted by molar-refractivity contribution is 0.0426. The Bertz CT molecular complexity index is 819. The first kappa shape index (κ1) is 15.9. The van der Waals surface area contributed by atoms with Gasteiger partial charge in [-0.05, 0) is 36.6 Å². The van der Waals surface area contributed by atoms with E-state index in [1.54, 1.807) is 6.07 Å². The third-order valence-corrected chi connectivity index (χ3v) is 5.90. The zero-order valence-electron chi connectivity index (χ0n) is 14.8. The van der Waals surface area contributed by atoms with E-state index in [0.717, 1.165) is 56.6 Å². The van der Waals surface area contributed by atoms with Gasteiger partial charge in [0.2, 0.25) is 5.76 Å². The number of piperazine rings is 1. The number of aromatic nitrogens is 1. The van der Waals surface area contributed by atoms with Crippen LogP contribution in [0.3, 0.4) is 0 Å². The maximum absolute atomic E-state index is 12.7. The van der Waals surface area contributed by atoms with Crippen LogP contribution in [0.5, 0.6) is 5.75 Å². The van der Waals surface area contributed by atoms with Crippen LogP contribution in [0.1, 0.15) is 35.4 Å².